The zero-order valence-electron chi connectivity index (χ0n) is 13.5. The van der Waals surface area contributed by atoms with Gasteiger partial charge < -0.3 is 9.47 Å². The number of hydrogen-bond donors (Lipinski definition) is 0. The van der Waals surface area contributed by atoms with Gasteiger partial charge in [0.25, 0.3) is 0 Å². The standard InChI is InChI=1S/C17H18FNO4S/c1-22-16-9-12-7-8-19(11-13(12)10-17(16)23-2)24(20,21)15-5-3-14(18)4-6-15/h3-6,9-10H,7-8,11H2,1-2H3. The van der Waals surface area contributed by atoms with E-state index in [2.05, 4.69) is 0 Å². The number of methoxy groups -OCH3 is 2. The summed E-state index contributed by atoms with van der Waals surface area (Å²) in [4.78, 5) is 0.0906. The van der Waals surface area contributed by atoms with Gasteiger partial charge in [0.15, 0.2) is 11.5 Å². The molecule has 0 bridgehead atoms. The second kappa shape index (κ2) is 6.41. The van der Waals surface area contributed by atoms with Gasteiger partial charge in [0.2, 0.25) is 10.0 Å². The molecule has 0 spiro atoms. The van der Waals surface area contributed by atoms with Crippen molar-refractivity contribution in [3.63, 3.8) is 0 Å². The van der Waals surface area contributed by atoms with Gasteiger partial charge in [-0.1, -0.05) is 0 Å². The molecule has 24 heavy (non-hydrogen) atoms. The van der Waals surface area contributed by atoms with Crippen molar-refractivity contribution in [2.24, 2.45) is 0 Å². The first kappa shape index (κ1) is 16.7. The van der Waals surface area contributed by atoms with E-state index < -0.39 is 15.8 Å². The fourth-order valence-electron chi connectivity index (χ4n) is 2.82. The SMILES string of the molecule is COc1cc2c(cc1OC)CN(S(=O)(=O)c1ccc(F)cc1)CC2. The highest BCUT2D eigenvalue weighted by atomic mass is 32.2. The molecule has 0 unspecified atom stereocenters. The maximum Gasteiger partial charge on any atom is 0.243 e. The van der Waals surface area contributed by atoms with Gasteiger partial charge in [-0.3, -0.25) is 0 Å². The Morgan fingerprint density at radius 3 is 2.17 bits per heavy atom. The van der Waals surface area contributed by atoms with E-state index >= 15 is 0 Å². The average Bonchev–Trinajstić information content (AvgIpc) is 2.60. The van der Waals surface area contributed by atoms with E-state index in [0.29, 0.717) is 24.5 Å². The summed E-state index contributed by atoms with van der Waals surface area (Å²) in [6.45, 7) is 0.609. The molecule has 7 heteroatoms. The summed E-state index contributed by atoms with van der Waals surface area (Å²) in [5.74, 6) is 0.734. The smallest absolute Gasteiger partial charge is 0.243 e. The van der Waals surface area contributed by atoms with Gasteiger partial charge in [-0.2, -0.15) is 4.31 Å². The predicted octanol–water partition coefficient (Wildman–Crippen LogP) is 2.59. The summed E-state index contributed by atoms with van der Waals surface area (Å²) in [5.41, 5.74) is 1.92. The Morgan fingerprint density at radius 2 is 1.58 bits per heavy atom. The van der Waals surface area contributed by atoms with Crippen LogP contribution >= 0.6 is 0 Å². The topological polar surface area (TPSA) is 55.8 Å². The van der Waals surface area contributed by atoms with Crippen molar-refractivity contribution in [3.8, 4) is 11.5 Å². The zero-order valence-corrected chi connectivity index (χ0v) is 14.3. The highest BCUT2D eigenvalue weighted by Crippen LogP contribution is 2.34. The lowest BCUT2D eigenvalue weighted by Crippen LogP contribution is -2.36. The summed E-state index contributed by atoms with van der Waals surface area (Å²) in [5, 5.41) is 0. The van der Waals surface area contributed by atoms with Crippen LogP contribution in [0.2, 0.25) is 0 Å². The first-order valence-corrected chi connectivity index (χ1v) is 8.89. The molecule has 128 valence electrons. The molecule has 0 aromatic heterocycles. The van der Waals surface area contributed by atoms with Crippen LogP contribution in [0, 0.1) is 5.82 Å². The van der Waals surface area contributed by atoms with Crippen molar-refractivity contribution < 1.29 is 22.3 Å². The number of benzene rings is 2. The Kier molecular flexibility index (Phi) is 4.47. The molecule has 0 N–H and O–H groups in total. The summed E-state index contributed by atoms with van der Waals surface area (Å²) in [7, 11) is -0.553. The van der Waals surface area contributed by atoms with Crippen LogP contribution in [0.3, 0.4) is 0 Å². The number of sulfonamides is 1. The van der Waals surface area contributed by atoms with Gasteiger partial charge in [0, 0.05) is 13.1 Å². The van der Waals surface area contributed by atoms with Gasteiger partial charge in [0.05, 0.1) is 19.1 Å². The minimum absolute atomic E-state index is 0.0906. The fourth-order valence-corrected chi connectivity index (χ4v) is 4.24. The van der Waals surface area contributed by atoms with Crippen LogP contribution in [0.25, 0.3) is 0 Å². The maximum atomic E-state index is 13.0. The Hall–Kier alpha value is -2.12. The quantitative estimate of drug-likeness (QED) is 0.850. The van der Waals surface area contributed by atoms with Crippen LogP contribution in [-0.4, -0.2) is 33.5 Å². The van der Waals surface area contributed by atoms with Gasteiger partial charge in [-0.25, -0.2) is 12.8 Å². The van der Waals surface area contributed by atoms with Crippen molar-refractivity contribution in [2.45, 2.75) is 17.9 Å². The van der Waals surface area contributed by atoms with Crippen molar-refractivity contribution in [1.29, 1.82) is 0 Å². The monoisotopic (exact) mass is 351 g/mol. The Labute approximate surface area is 140 Å². The second-order valence-electron chi connectivity index (χ2n) is 5.52. The number of halogens is 1. The van der Waals surface area contributed by atoms with Crippen molar-refractivity contribution in [1.82, 2.24) is 4.31 Å². The van der Waals surface area contributed by atoms with Gasteiger partial charge in [-0.05, 0) is 53.9 Å². The van der Waals surface area contributed by atoms with E-state index in [4.69, 9.17) is 9.47 Å². The highest BCUT2D eigenvalue weighted by molar-refractivity contribution is 7.89. The van der Waals surface area contributed by atoms with Gasteiger partial charge >= 0.3 is 0 Å². The molecule has 1 aliphatic heterocycles. The number of hydrogen-bond acceptors (Lipinski definition) is 4. The molecule has 0 aliphatic carbocycles. The maximum absolute atomic E-state index is 13.0. The lowest BCUT2D eigenvalue weighted by atomic mass is 10.0. The second-order valence-corrected chi connectivity index (χ2v) is 7.46. The molecular weight excluding hydrogens is 333 g/mol. The molecule has 0 atom stereocenters. The fraction of sp³-hybridized carbons (Fsp3) is 0.294. The molecule has 0 saturated heterocycles. The molecule has 0 fully saturated rings. The molecular formula is C17H18FNO4S. The largest absolute Gasteiger partial charge is 0.493 e. The van der Waals surface area contributed by atoms with Crippen LogP contribution in [0.4, 0.5) is 4.39 Å². The minimum atomic E-state index is -3.66. The predicted molar refractivity (Wildman–Crippen MR) is 87.2 cm³/mol. The third-order valence-corrected chi connectivity index (χ3v) is 5.99. The molecule has 0 radical (unpaired) electrons. The molecule has 0 saturated carbocycles. The van der Waals surface area contributed by atoms with E-state index in [1.54, 1.807) is 20.3 Å². The highest BCUT2D eigenvalue weighted by Gasteiger charge is 2.29. The summed E-state index contributed by atoms with van der Waals surface area (Å²) in [6.07, 6.45) is 0.579. The van der Waals surface area contributed by atoms with E-state index in [9.17, 15) is 12.8 Å². The lowest BCUT2D eigenvalue weighted by molar-refractivity contribution is 0.348. The Balaban J connectivity index is 1.93. The van der Waals surface area contributed by atoms with Crippen LogP contribution in [0.1, 0.15) is 11.1 Å². The molecule has 5 nitrogen and oxygen atoms in total. The van der Waals surface area contributed by atoms with Crippen molar-refractivity contribution in [2.75, 3.05) is 20.8 Å². The summed E-state index contributed by atoms with van der Waals surface area (Å²) in [6, 6.07) is 8.57. The van der Waals surface area contributed by atoms with Gasteiger partial charge in [0.1, 0.15) is 5.82 Å². The number of rotatable bonds is 4. The van der Waals surface area contributed by atoms with Crippen LogP contribution in [0.15, 0.2) is 41.3 Å². The van der Waals surface area contributed by atoms with E-state index in [1.165, 1.54) is 16.4 Å². The molecule has 3 rings (SSSR count). The number of ether oxygens (including phenoxy) is 2. The summed E-state index contributed by atoms with van der Waals surface area (Å²) < 4.78 is 50.5. The van der Waals surface area contributed by atoms with E-state index in [0.717, 1.165) is 23.3 Å². The minimum Gasteiger partial charge on any atom is -0.493 e. The Bertz CT molecular complexity index is 850. The molecule has 1 aliphatic rings. The Morgan fingerprint density at radius 1 is 1.00 bits per heavy atom. The van der Waals surface area contributed by atoms with Gasteiger partial charge in [-0.15, -0.1) is 0 Å². The zero-order chi connectivity index (χ0) is 17.3. The number of nitrogens with zero attached hydrogens (tertiary/aromatic N) is 1. The average molecular weight is 351 g/mol. The van der Waals surface area contributed by atoms with Crippen LogP contribution in [-0.2, 0) is 23.0 Å². The van der Waals surface area contributed by atoms with E-state index in [-0.39, 0.29) is 11.4 Å². The summed E-state index contributed by atoms with van der Waals surface area (Å²) >= 11 is 0. The lowest BCUT2D eigenvalue weighted by Gasteiger charge is -2.29. The molecule has 2 aromatic carbocycles. The molecule has 1 heterocycles. The first-order chi connectivity index (χ1) is 11.5. The molecule has 2 aromatic rings. The van der Waals surface area contributed by atoms with Crippen molar-refractivity contribution >= 4 is 10.0 Å². The normalized spacial score (nSPS) is 15.0. The number of fused-ring (bicyclic) bond motifs is 1. The first-order valence-electron chi connectivity index (χ1n) is 7.45. The van der Waals surface area contributed by atoms with E-state index in [1.807, 2.05) is 6.07 Å². The van der Waals surface area contributed by atoms with Crippen LogP contribution in [0.5, 0.6) is 11.5 Å². The third kappa shape index (κ3) is 2.97. The van der Waals surface area contributed by atoms with Crippen molar-refractivity contribution in [3.05, 3.63) is 53.3 Å². The molecule has 0 amide bonds. The van der Waals surface area contributed by atoms with Crippen LogP contribution < -0.4 is 9.47 Å². The third-order valence-electron chi connectivity index (χ3n) is 4.13.